The van der Waals surface area contributed by atoms with Crippen LogP contribution in [-0.4, -0.2) is 35.7 Å². The second-order valence-corrected chi connectivity index (χ2v) is 6.60. The lowest BCUT2D eigenvalue weighted by Crippen LogP contribution is -2.43. The van der Waals surface area contributed by atoms with Gasteiger partial charge in [-0.15, -0.1) is 0 Å². The van der Waals surface area contributed by atoms with Crippen molar-refractivity contribution >= 4 is 23.3 Å². The Morgan fingerprint density at radius 3 is 2.88 bits per heavy atom. The summed E-state index contributed by atoms with van der Waals surface area (Å²) in [6.07, 6.45) is 0. The maximum Gasteiger partial charge on any atom is 0.238 e. The smallest absolute Gasteiger partial charge is 0.238 e. The number of hydrogen-bond acceptors (Lipinski definition) is 5. The molecule has 0 aromatic carbocycles. The highest BCUT2D eigenvalue weighted by Crippen LogP contribution is 2.32. The van der Waals surface area contributed by atoms with Crippen LogP contribution in [0.25, 0.3) is 0 Å². The fourth-order valence-electron chi connectivity index (χ4n) is 1.99. The van der Waals surface area contributed by atoms with E-state index in [1.807, 2.05) is 23.9 Å². The minimum absolute atomic E-state index is 0.272. The molecule has 0 bridgehead atoms. The van der Waals surface area contributed by atoms with Crippen LogP contribution in [0.5, 0.6) is 5.88 Å². The van der Waals surface area contributed by atoms with Gasteiger partial charge in [0.1, 0.15) is 5.82 Å². The second-order valence-electron chi connectivity index (χ2n) is 4.80. The lowest BCUT2D eigenvalue weighted by Gasteiger charge is -2.38. The Balaban J connectivity index is 2.22. The maximum absolute atomic E-state index is 5.77. The number of thioether (sulfide) groups is 1. The number of nitrogen functional groups attached to an aromatic ring is 1. The van der Waals surface area contributed by atoms with E-state index in [4.69, 9.17) is 10.5 Å². The summed E-state index contributed by atoms with van der Waals surface area (Å²) in [6.45, 7) is 6.54. The molecule has 1 aliphatic heterocycles. The Morgan fingerprint density at radius 1 is 1.47 bits per heavy atom. The van der Waals surface area contributed by atoms with E-state index in [0.29, 0.717) is 11.6 Å². The summed E-state index contributed by atoms with van der Waals surface area (Å²) in [5.74, 6) is 2.59. The monoisotopic (exact) mass is 253 g/mol. The highest BCUT2D eigenvalue weighted by atomic mass is 32.2. The first-order chi connectivity index (χ1) is 8.02. The SMILES string of the molecule is COc1nc(N2CCSC(C)(C)C2)ccc1N. The van der Waals surface area contributed by atoms with E-state index in [1.165, 1.54) is 0 Å². The predicted octanol–water partition coefficient (Wildman–Crippen LogP) is 2.00. The van der Waals surface area contributed by atoms with Crippen molar-refractivity contribution in [3.63, 3.8) is 0 Å². The molecule has 4 nitrogen and oxygen atoms in total. The quantitative estimate of drug-likeness (QED) is 0.873. The Morgan fingerprint density at radius 2 is 2.24 bits per heavy atom. The molecule has 1 fully saturated rings. The van der Waals surface area contributed by atoms with Gasteiger partial charge in [-0.25, -0.2) is 0 Å². The molecule has 0 unspecified atom stereocenters. The molecular weight excluding hydrogens is 234 g/mol. The first-order valence-corrected chi connectivity index (χ1v) is 6.70. The van der Waals surface area contributed by atoms with Gasteiger partial charge >= 0.3 is 0 Å². The molecule has 17 heavy (non-hydrogen) atoms. The van der Waals surface area contributed by atoms with Crippen molar-refractivity contribution in [1.82, 2.24) is 4.98 Å². The number of hydrogen-bond donors (Lipinski definition) is 1. The van der Waals surface area contributed by atoms with Gasteiger partial charge < -0.3 is 15.4 Å². The average molecular weight is 253 g/mol. The van der Waals surface area contributed by atoms with E-state index < -0.39 is 0 Å². The van der Waals surface area contributed by atoms with Gasteiger partial charge in [0, 0.05) is 23.6 Å². The summed E-state index contributed by atoms with van der Waals surface area (Å²) in [5, 5.41) is 0. The fourth-order valence-corrected chi connectivity index (χ4v) is 3.10. The first kappa shape index (κ1) is 12.4. The average Bonchev–Trinajstić information content (AvgIpc) is 2.28. The van der Waals surface area contributed by atoms with Crippen molar-refractivity contribution in [3.05, 3.63) is 12.1 Å². The number of nitrogens with zero attached hydrogens (tertiary/aromatic N) is 2. The normalized spacial score (nSPS) is 19.1. The van der Waals surface area contributed by atoms with Gasteiger partial charge in [0.05, 0.1) is 12.8 Å². The van der Waals surface area contributed by atoms with Crippen molar-refractivity contribution in [3.8, 4) is 5.88 Å². The van der Waals surface area contributed by atoms with Gasteiger partial charge in [-0.05, 0) is 26.0 Å². The summed E-state index contributed by atoms with van der Waals surface area (Å²) < 4.78 is 5.43. The predicted molar refractivity (Wildman–Crippen MR) is 74.0 cm³/mol. The van der Waals surface area contributed by atoms with Gasteiger partial charge in [-0.1, -0.05) is 0 Å². The van der Waals surface area contributed by atoms with E-state index in [2.05, 4.69) is 23.7 Å². The van der Waals surface area contributed by atoms with Crippen LogP contribution in [0, 0.1) is 0 Å². The van der Waals surface area contributed by atoms with E-state index in [1.54, 1.807) is 7.11 Å². The standard InChI is InChI=1S/C12H19N3OS/c1-12(2)8-15(6-7-17-12)10-5-4-9(13)11(14-10)16-3/h4-5H,6-8,13H2,1-3H3. The van der Waals surface area contributed by atoms with Crippen molar-refractivity contribution in [2.45, 2.75) is 18.6 Å². The van der Waals surface area contributed by atoms with E-state index in [0.717, 1.165) is 24.7 Å². The van der Waals surface area contributed by atoms with E-state index in [-0.39, 0.29) is 4.75 Å². The number of pyridine rings is 1. The Kier molecular flexibility index (Phi) is 3.38. The maximum atomic E-state index is 5.77. The third kappa shape index (κ3) is 2.77. The van der Waals surface area contributed by atoms with Gasteiger partial charge in [0.25, 0.3) is 0 Å². The molecule has 5 heteroatoms. The van der Waals surface area contributed by atoms with Gasteiger partial charge in [-0.3, -0.25) is 0 Å². The van der Waals surface area contributed by atoms with Crippen molar-refractivity contribution in [2.75, 3.05) is 36.6 Å². The van der Waals surface area contributed by atoms with Gasteiger partial charge in [0.15, 0.2) is 0 Å². The molecule has 0 saturated carbocycles. The second kappa shape index (κ2) is 4.64. The van der Waals surface area contributed by atoms with Crippen LogP contribution < -0.4 is 15.4 Å². The molecule has 1 saturated heterocycles. The lowest BCUT2D eigenvalue weighted by atomic mass is 10.2. The Labute approximate surface area is 107 Å². The van der Waals surface area contributed by atoms with Crippen LogP contribution in [0.3, 0.4) is 0 Å². The van der Waals surface area contributed by atoms with Crippen LogP contribution in [0.2, 0.25) is 0 Å². The molecule has 0 atom stereocenters. The summed E-state index contributed by atoms with van der Waals surface area (Å²) in [7, 11) is 1.60. The summed E-state index contributed by atoms with van der Waals surface area (Å²) in [6, 6.07) is 3.82. The first-order valence-electron chi connectivity index (χ1n) is 5.71. The number of nitrogens with two attached hydrogens (primary N) is 1. The number of ether oxygens (including phenoxy) is 1. The summed E-state index contributed by atoms with van der Waals surface area (Å²) in [5.41, 5.74) is 6.36. The molecule has 1 aliphatic rings. The molecule has 1 aromatic rings. The molecule has 0 amide bonds. The molecule has 2 rings (SSSR count). The summed E-state index contributed by atoms with van der Waals surface area (Å²) >= 11 is 2.01. The molecule has 2 heterocycles. The van der Waals surface area contributed by atoms with E-state index >= 15 is 0 Å². The minimum atomic E-state index is 0.272. The van der Waals surface area contributed by atoms with Gasteiger partial charge in [0.2, 0.25) is 5.88 Å². The highest BCUT2D eigenvalue weighted by Gasteiger charge is 2.27. The van der Waals surface area contributed by atoms with Crippen LogP contribution in [0.4, 0.5) is 11.5 Å². The highest BCUT2D eigenvalue weighted by molar-refractivity contribution is 8.00. The molecule has 1 aromatic heterocycles. The van der Waals surface area contributed by atoms with Crippen LogP contribution in [0.1, 0.15) is 13.8 Å². The zero-order valence-corrected chi connectivity index (χ0v) is 11.4. The third-order valence-electron chi connectivity index (χ3n) is 2.82. The molecule has 0 radical (unpaired) electrons. The van der Waals surface area contributed by atoms with E-state index in [9.17, 15) is 0 Å². The fraction of sp³-hybridized carbons (Fsp3) is 0.583. The Hall–Kier alpha value is -1.10. The topological polar surface area (TPSA) is 51.4 Å². The van der Waals surface area contributed by atoms with Crippen molar-refractivity contribution in [2.24, 2.45) is 0 Å². The molecule has 0 aliphatic carbocycles. The molecule has 94 valence electrons. The zero-order chi connectivity index (χ0) is 12.5. The lowest BCUT2D eigenvalue weighted by molar-refractivity contribution is 0.400. The number of rotatable bonds is 2. The molecule has 2 N–H and O–H groups in total. The minimum Gasteiger partial charge on any atom is -0.479 e. The van der Waals surface area contributed by atoms with Crippen molar-refractivity contribution in [1.29, 1.82) is 0 Å². The largest absolute Gasteiger partial charge is 0.479 e. The van der Waals surface area contributed by atoms with Crippen LogP contribution in [-0.2, 0) is 0 Å². The molecular formula is C12H19N3OS. The number of anilines is 2. The Bertz CT molecular complexity index is 409. The van der Waals surface area contributed by atoms with Crippen LogP contribution in [0.15, 0.2) is 12.1 Å². The third-order valence-corrected chi connectivity index (χ3v) is 4.12. The zero-order valence-electron chi connectivity index (χ0n) is 10.6. The van der Waals surface area contributed by atoms with Gasteiger partial charge in [-0.2, -0.15) is 16.7 Å². The van der Waals surface area contributed by atoms with Crippen LogP contribution >= 0.6 is 11.8 Å². The van der Waals surface area contributed by atoms with Crippen molar-refractivity contribution < 1.29 is 4.74 Å². The molecule has 0 spiro atoms. The number of methoxy groups -OCH3 is 1. The number of aromatic nitrogens is 1. The summed E-state index contributed by atoms with van der Waals surface area (Å²) in [4.78, 5) is 6.74.